The molecule has 5 aromatic rings. The van der Waals surface area contributed by atoms with Crippen LogP contribution in [-0.2, 0) is 4.74 Å². The van der Waals surface area contributed by atoms with Crippen molar-refractivity contribution in [2.24, 2.45) is 0 Å². The van der Waals surface area contributed by atoms with Gasteiger partial charge in [-0.25, -0.2) is 9.97 Å². The SMILES string of the molecule is Cc1c(-c2ccnc(N)n2)sc2ccc(Nc3cccc(NC(=O)c4ccc(OCCN5CCOCC5)cc4)c3)cc12. The van der Waals surface area contributed by atoms with Crippen molar-refractivity contribution in [1.82, 2.24) is 14.9 Å². The molecule has 6 rings (SSSR count). The average Bonchev–Trinajstić information content (AvgIpc) is 3.34. The van der Waals surface area contributed by atoms with Gasteiger partial charge in [0.05, 0.1) is 23.8 Å². The summed E-state index contributed by atoms with van der Waals surface area (Å²) >= 11 is 1.68. The molecule has 2 aromatic heterocycles. The van der Waals surface area contributed by atoms with E-state index in [9.17, 15) is 4.79 Å². The van der Waals surface area contributed by atoms with Crippen molar-refractivity contribution in [1.29, 1.82) is 0 Å². The second kappa shape index (κ2) is 12.6. The molecule has 1 aliphatic rings. The molecule has 1 saturated heterocycles. The van der Waals surface area contributed by atoms with Crippen molar-refractivity contribution in [3.63, 3.8) is 0 Å². The first kappa shape index (κ1) is 27.6. The van der Waals surface area contributed by atoms with Crippen LogP contribution in [0.4, 0.5) is 23.0 Å². The highest BCUT2D eigenvalue weighted by Gasteiger charge is 2.14. The van der Waals surface area contributed by atoms with E-state index >= 15 is 0 Å². The van der Waals surface area contributed by atoms with Gasteiger partial charge >= 0.3 is 0 Å². The number of hydrogen-bond acceptors (Lipinski definition) is 9. The van der Waals surface area contributed by atoms with Crippen LogP contribution in [0.3, 0.4) is 0 Å². The number of amides is 1. The third kappa shape index (κ3) is 6.52. The van der Waals surface area contributed by atoms with Gasteiger partial charge in [0.1, 0.15) is 12.4 Å². The highest BCUT2D eigenvalue weighted by molar-refractivity contribution is 7.22. The van der Waals surface area contributed by atoms with Gasteiger partial charge in [-0.05, 0) is 84.6 Å². The summed E-state index contributed by atoms with van der Waals surface area (Å²) in [7, 11) is 0. The van der Waals surface area contributed by atoms with Gasteiger partial charge in [0.2, 0.25) is 5.95 Å². The summed E-state index contributed by atoms with van der Waals surface area (Å²) in [6.07, 6.45) is 1.68. The third-order valence-corrected chi connectivity index (χ3v) is 8.44. The third-order valence-electron chi connectivity index (χ3n) is 7.15. The van der Waals surface area contributed by atoms with Crippen molar-refractivity contribution in [3.05, 3.63) is 90.1 Å². The first-order valence-electron chi connectivity index (χ1n) is 13.9. The minimum Gasteiger partial charge on any atom is -0.492 e. The summed E-state index contributed by atoms with van der Waals surface area (Å²) in [6.45, 7) is 6.97. The zero-order chi connectivity index (χ0) is 28.9. The average molecular weight is 581 g/mol. The van der Waals surface area contributed by atoms with Crippen LogP contribution in [0.5, 0.6) is 5.75 Å². The Morgan fingerprint density at radius 3 is 2.62 bits per heavy atom. The Labute approximate surface area is 248 Å². The molecule has 0 spiro atoms. The number of nitrogen functional groups attached to an aromatic ring is 1. The molecule has 3 heterocycles. The van der Waals surface area contributed by atoms with Gasteiger partial charge < -0.3 is 25.8 Å². The number of hydrogen-bond donors (Lipinski definition) is 3. The maximum atomic E-state index is 12.9. The molecule has 1 aliphatic heterocycles. The number of ether oxygens (including phenoxy) is 2. The number of anilines is 4. The van der Waals surface area contributed by atoms with Crippen LogP contribution in [0.2, 0.25) is 0 Å². The van der Waals surface area contributed by atoms with Crippen LogP contribution in [-0.4, -0.2) is 60.2 Å². The number of aryl methyl sites for hydroxylation is 1. The van der Waals surface area contributed by atoms with E-state index in [0.717, 1.165) is 71.5 Å². The number of rotatable bonds is 9. The number of carbonyl (C=O) groups is 1. The van der Waals surface area contributed by atoms with Gasteiger partial charge in [0.25, 0.3) is 5.91 Å². The van der Waals surface area contributed by atoms with E-state index in [1.165, 1.54) is 4.70 Å². The molecule has 9 nitrogen and oxygen atoms in total. The summed E-state index contributed by atoms with van der Waals surface area (Å²) in [5, 5.41) is 7.61. The summed E-state index contributed by atoms with van der Waals surface area (Å²) < 4.78 is 12.4. The molecule has 0 atom stereocenters. The highest BCUT2D eigenvalue weighted by Crippen LogP contribution is 2.39. The predicted molar refractivity (Wildman–Crippen MR) is 169 cm³/mol. The Kier molecular flexibility index (Phi) is 8.27. The Bertz CT molecular complexity index is 1700. The summed E-state index contributed by atoms with van der Waals surface area (Å²) in [4.78, 5) is 24.7. The van der Waals surface area contributed by atoms with Crippen LogP contribution < -0.4 is 21.1 Å². The van der Waals surface area contributed by atoms with Crippen molar-refractivity contribution in [2.75, 3.05) is 55.8 Å². The zero-order valence-corrected chi connectivity index (χ0v) is 24.1. The van der Waals surface area contributed by atoms with Crippen molar-refractivity contribution in [3.8, 4) is 16.3 Å². The molecule has 0 bridgehead atoms. The summed E-state index contributed by atoms with van der Waals surface area (Å²) in [6, 6.07) is 23.1. The molecule has 10 heteroatoms. The number of carbonyl (C=O) groups excluding carboxylic acids is 1. The largest absolute Gasteiger partial charge is 0.492 e. The van der Waals surface area contributed by atoms with Gasteiger partial charge in [-0.2, -0.15) is 0 Å². The number of aromatic nitrogens is 2. The van der Waals surface area contributed by atoms with Gasteiger partial charge in [0, 0.05) is 53.2 Å². The fourth-order valence-electron chi connectivity index (χ4n) is 4.91. The maximum Gasteiger partial charge on any atom is 0.255 e. The van der Waals surface area contributed by atoms with E-state index in [2.05, 4.69) is 44.6 Å². The fourth-order valence-corrected chi connectivity index (χ4v) is 6.07. The van der Waals surface area contributed by atoms with E-state index in [-0.39, 0.29) is 11.9 Å². The molecule has 214 valence electrons. The number of nitrogens with one attached hydrogen (secondary N) is 2. The van der Waals surface area contributed by atoms with E-state index < -0.39 is 0 Å². The summed E-state index contributed by atoms with van der Waals surface area (Å²) in [5.41, 5.74) is 10.9. The first-order valence-corrected chi connectivity index (χ1v) is 14.7. The minimum atomic E-state index is -0.180. The molecule has 4 N–H and O–H groups in total. The van der Waals surface area contributed by atoms with Crippen molar-refractivity contribution < 1.29 is 14.3 Å². The molecular formula is C32H32N6O3S. The Balaban J connectivity index is 1.08. The van der Waals surface area contributed by atoms with E-state index in [1.54, 1.807) is 29.7 Å². The van der Waals surface area contributed by atoms with E-state index in [1.807, 2.05) is 48.5 Å². The monoisotopic (exact) mass is 580 g/mol. The molecule has 0 aliphatic carbocycles. The Morgan fingerprint density at radius 1 is 1.02 bits per heavy atom. The van der Waals surface area contributed by atoms with Crippen LogP contribution in [0.1, 0.15) is 15.9 Å². The second-order valence-corrected chi connectivity index (χ2v) is 11.1. The fraction of sp³-hybridized carbons (Fsp3) is 0.219. The first-order chi connectivity index (χ1) is 20.5. The number of thiophene rings is 1. The molecule has 1 amide bonds. The van der Waals surface area contributed by atoms with Gasteiger partial charge in [-0.1, -0.05) is 6.07 Å². The van der Waals surface area contributed by atoms with Gasteiger partial charge in [-0.3, -0.25) is 9.69 Å². The van der Waals surface area contributed by atoms with Crippen molar-refractivity contribution >= 4 is 50.3 Å². The predicted octanol–water partition coefficient (Wildman–Crippen LogP) is 5.96. The number of benzene rings is 3. The lowest BCUT2D eigenvalue weighted by Gasteiger charge is -2.26. The molecule has 0 unspecified atom stereocenters. The molecule has 0 saturated carbocycles. The topological polar surface area (TPSA) is 115 Å². The number of fused-ring (bicyclic) bond motifs is 1. The normalized spacial score (nSPS) is 13.6. The Morgan fingerprint density at radius 2 is 1.81 bits per heavy atom. The number of nitrogens with two attached hydrogens (primary N) is 1. The molecule has 1 fully saturated rings. The van der Waals surface area contributed by atoms with E-state index in [0.29, 0.717) is 17.9 Å². The number of nitrogens with zero attached hydrogens (tertiary/aromatic N) is 3. The maximum absolute atomic E-state index is 12.9. The molecule has 42 heavy (non-hydrogen) atoms. The smallest absolute Gasteiger partial charge is 0.255 e. The minimum absolute atomic E-state index is 0.180. The lowest BCUT2D eigenvalue weighted by Crippen LogP contribution is -2.38. The van der Waals surface area contributed by atoms with Crippen LogP contribution in [0.15, 0.2) is 79.0 Å². The highest BCUT2D eigenvalue weighted by atomic mass is 32.1. The zero-order valence-electron chi connectivity index (χ0n) is 23.3. The lowest BCUT2D eigenvalue weighted by molar-refractivity contribution is 0.0322. The molecular weight excluding hydrogens is 548 g/mol. The van der Waals surface area contributed by atoms with Crippen molar-refractivity contribution in [2.45, 2.75) is 6.92 Å². The quantitative estimate of drug-likeness (QED) is 0.196. The van der Waals surface area contributed by atoms with Crippen LogP contribution >= 0.6 is 11.3 Å². The van der Waals surface area contributed by atoms with E-state index in [4.69, 9.17) is 15.2 Å². The standard InChI is InChI=1S/C32H32N6O3S/c1-21-27-20-25(7-10-29(27)42-30(21)28-11-12-34-32(33)37-28)35-23-3-2-4-24(19-23)36-31(39)22-5-8-26(9-6-22)41-18-15-38-13-16-40-17-14-38/h2-12,19-20,35H,13-18H2,1H3,(H,36,39)(H2,33,34,37). The Hall–Kier alpha value is -4.51. The lowest BCUT2D eigenvalue weighted by atomic mass is 10.1. The van der Waals surface area contributed by atoms with Gasteiger partial charge in [0.15, 0.2) is 0 Å². The van der Waals surface area contributed by atoms with Crippen LogP contribution in [0.25, 0.3) is 20.7 Å². The van der Waals surface area contributed by atoms with Gasteiger partial charge in [-0.15, -0.1) is 11.3 Å². The summed E-state index contributed by atoms with van der Waals surface area (Å²) in [5.74, 6) is 0.831. The molecule has 0 radical (unpaired) electrons. The molecule has 3 aromatic carbocycles. The second-order valence-electron chi connectivity index (χ2n) is 10.1. The van der Waals surface area contributed by atoms with Crippen LogP contribution in [0, 0.1) is 6.92 Å². The number of morpholine rings is 1.